The Morgan fingerprint density at radius 3 is 2.60 bits per heavy atom. The van der Waals surface area contributed by atoms with Crippen LogP contribution in [0.1, 0.15) is 0 Å². The molecule has 2 aromatic heterocycles. The molecule has 3 rings (SSSR count). The van der Waals surface area contributed by atoms with E-state index in [0.717, 1.165) is 11.1 Å². The molecule has 0 saturated heterocycles. The summed E-state index contributed by atoms with van der Waals surface area (Å²) in [6.45, 7) is 0. The number of nitrogen functional groups attached to an aromatic ring is 1. The van der Waals surface area contributed by atoms with Crippen molar-refractivity contribution in [1.29, 1.82) is 0 Å². The lowest BCUT2D eigenvalue weighted by Crippen LogP contribution is -1.96. The second-order valence-corrected chi connectivity index (χ2v) is 4.25. The number of nitrogens with two attached hydrogens (primary N) is 1. The van der Waals surface area contributed by atoms with Gasteiger partial charge in [-0.1, -0.05) is 0 Å². The standard InChI is InChI=1S/C14H14N4O2/c1-19-11-6-8(9(15)7-12(11)20-2)13-17-10-4-3-5-16-14(10)18-13/h3-7H,15H2,1-2H3,(H,16,17,18). The molecule has 20 heavy (non-hydrogen) atoms. The van der Waals surface area contributed by atoms with Crippen LogP contribution in [0, 0.1) is 0 Å². The summed E-state index contributed by atoms with van der Waals surface area (Å²) in [5.74, 6) is 1.84. The predicted molar refractivity (Wildman–Crippen MR) is 76.8 cm³/mol. The number of nitrogens with one attached hydrogen (secondary N) is 1. The maximum atomic E-state index is 6.06. The first-order valence-electron chi connectivity index (χ1n) is 6.05. The van der Waals surface area contributed by atoms with Crippen LogP contribution in [0.4, 0.5) is 5.69 Å². The minimum Gasteiger partial charge on any atom is -0.493 e. The second-order valence-electron chi connectivity index (χ2n) is 4.25. The first kappa shape index (κ1) is 12.3. The molecular weight excluding hydrogens is 256 g/mol. The number of hydrogen-bond acceptors (Lipinski definition) is 5. The topological polar surface area (TPSA) is 86.0 Å². The van der Waals surface area contributed by atoms with Crippen molar-refractivity contribution >= 4 is 16.9 Å². The number of methoxy groups -OCH3 is 2. The van der Waals surface area contributed by atoms with Gasteiger partial charge < -0.3 is 20.2 Å². The van der Waals surface area contributed by atoms with Gasteiger partial charge in [-0.15, -0.1) is 0 Å². The Morgan fingerprint density at radius 1 is 1.15 bits per heavy atom. The minimum absolute atomic E-state index is 0.557. The molecule has 0 atom stereocenters. The van der Waals surface area contributed by atoms with Crippen LogP contribution in [-0.2, 0) is 0 Å². The third-order valence-corrected chi connectivity index (χ3v) is 3.07. The van der Waals surface area contributed by atoms with Crippen molar-refractivity contribution in [2.75, 3.05) is 20.0 Å². The van der Waals surface area contributed by atoms with Crippen LogP contribution in [0.25, 0.3) is 22.6 Å². The third-order valence-electron chi connectivity index (χ3n) is 3.07. The molecule has 102 valence electrons. The average molecular weight is 270 g/mol. The van der Waals surface area contributed by atoms with Gasteiger partial charge in [0, 0.05) is 23.5 Å². The highest BCUT2D eigenvalue weighted by molar-refractivity contribution is 5.81. The lowest BCUT2D eigenvalue weighted by molar-refractivity contribution is 0.355. The highest BCUT2D eigenvalue weighted by Crippen LogP contribution is 2.36. The van der Waals surface area contributed by atoms with Crippen LogP contribution in [0.3, 0.4) is 0 Å². The van der Waals surface area contributed by atoms with Gasteiger partial charge in [-0.25, -0.2) is 9.97 Å². The lowest BCUT2D eigenvalue weighted by Gasteiger charge is -2.11. The number of H-pyrrole nitrogens is 1. The number of ether oxygens (including phenoxy) is 2. The molecule has 0 spiro atoms. The second kappa shape index (κ2) is 4.73. The summed E-state index contributed by atoms with van der Waals surface area (Å²) in [7, 11) is 3.15. The Morgan fingerprint density at radius 2 is 1.90 bits per heavy atom. The summed E-state index contributed by atoms with van der Waals surface area (Å²) in [6, 6.07) is 7.28. The van der Waals surface area contributed by atoms with Crippen molar-refractivity contribution in [2.45, 2.75) is 0 Å². The zero-order valence-electron chi connectivity index (χ0n) is 11.2. The van der Waals surface area contributed by atoms with Crippen molar-refractivity contribution in [3.63, 3.8) is 0 Å². The Balaban J connectivity index is 2.18. The molecule has 0 aliphatic carbocycles. The van der Waals surface area contributed by atoms with Crippen LogP contribution in [0.2, 0.25) is 0 Å². The first-order valence-corrected chi connectivity index (χ1v) is 6.05. The van der Waals surface area contributed by atoms with E-state index in [1.807, 2.05) is 12.1 Å². The monoisotopic (exact) mass is 270 g/mol. The molecule has 0 amide bonds. The Bertz CT molecular complexity index is 734. The summed E-state index contributed by atoms with van der Waals surface area (Å²) >= 11 is 0. The molecule has 1 aromatic carbocycles. The Hall–Kier alpha value is -2.76. The van der Waals surface area contributed by atoms with E-state index in [0.29, 0.717) is 28.7 Å². The highest BCUT2D eigenvalue weighted by atomic mass is 16.5. The van der Waals surface area contributed by atoms with Gasteiger partial charge in [0.05, 0.1) is 19.7 Å². The smallest absolute Gasteiger partial charge is 0.178 e. The number of nitrogens with zero attached hydrogens (tertiary/aromatic N) is 2. The fraction of sp³-hybridized carbons (Fsp3) is 0.143. The SMILES string of the molecule is COc1cc(N)c(-c2nc3ncccc3[nH]2)cc1OC. The molecular formula is C14H14N4O2. The largest absolute Gasteiger partial charge is 0.493 e. The van der Waals surface area contributed by atoms with Crippen molar-refractivity contribution in [3.05, 3.63) is 30.5 Å². The fourth-order valence-corrected chi connectivity index (χ4v) is 2.07. The minimum atomic E-state index is 0.557. The van der Waals surface area contributed by atoms with E-state index >= 15 is 0 Å². The van der Waals surface area contributed by atoms with Crippen LogP contribution in [-0.4, -0.2) is 29.2 Å². The van der Waals surface area contributed by atoms with Crippen LogP contribution >= 0.6 is 0 Å². The molecule has 0 aliphatic rings. The number of anilines is 1. The molecule has 0 radical (unpaired) electrons. The number of aromatic amines is 1. The maximum absolute atomic E-state index is 6.06. The van der Waals surface area contributed by atoms with Crippen molar-refractivity contribution in [2.24, 2.45) is 0 Å². The van der Waals surface area contributed by atoms with E-state index in [4.69, 9.17) is 15.2 Å². The summed E-state index contributed by atoms with van der Waals surface area (Å²) in [5, 5.41) is 0. The Kier molecular flexibility index (Phi) is 2.90. The van der Waals surface area contributed by atoms with Crippen LogP contribution in [0.5, 0.6) is 11.5 Å². The molecule has 3 aromatic rings. The first-order chi connectivity index (χ1) is 9.72. The van der Waals surface area contributed by atoms with Crippen molar-refractivity contribution in [1.82, 2.24) is 15.0 Å². The van der Waals surface area contributed by atoms with Crippen LogP contribution < -0.4 is 15.2 Å². The van der Waals surface area contributed by atoms with E-state index in [2.05, 4.69) is 15.0 Å². The van der Waals surface area contributed by atoms with Gasteiger partial charge in [-0.05, 0) is 18.2 Å². The quantitative estimate of drug-likeness (QED) is 0.713. The van der Waals surface area contributed by atoms with E-state index in [1.54, 1.807) is 32.5 Å². The summed E-state index contributed by atoms with van der Waals surface area (Å²) in [6.07, 6.45) is 1.70. The van der Waals surface area contributed by atoms with Gasteiger partial charge in [0.15, 0.2) is 17.1 Å². The predicted octanol–water partition coefficient (Wildman–Crippen LogP) is 2.22. The van der Waals surface area contributed by atoms with Crippen molar-refractivity contribution in [3.8, 4) is 22.9 Å². The lowest BCUT2D eigenvalue weighted by atomic mass is 10.1. The molecule has 0 unspecified atom stereocenters. The third kappa shape index (κ3) is 1.91. The highest BCUT2D eigenvalue weighted by Gasteiger charge is 2.14. The van der Waals surface area contributed by atoms with Gasteiger partial charge in [0.2, 0.25) is 0 Å². The van der Waals surface area contributed by atoms with Crippen LogP contribution in [0.15, 0.2) is 30.5 Å². The number of rotatable bonds is 3. The number of pyridine rings is 1. The molecule has 6 nitrogen and oxygen atoms in total. The maximum Gasteiger partial charge on any atom is 0.178 e. The molecule has 3 N–H and O–H groups in total. The van der Waals surface area contributed by atoms with Gasteiger partial charge in [-0.3, -0.25) is 0 Å². The fourth-order valence-electron chi connectivity index (χ4n) is 2.07. The zero-order valence-corrected chi connectivity index (χ0v) is 11.2. The Labute approximate surface area is 115 Å². The summed E-state index contributed by atoms with van der Waals surface area (Å²) in [5.41, 5.74) is 8.87. The molecule has 0 fully saturated rings. The van der Waals surface area contributed by atoms with Crippen molar-refractivity contribution < 1.29 is 9.47 Å². The van der Waals surface area contributed by atoms with E-state index in [1.165, 1.54) is 0 Å². The molecule has 2 heterocycles. The number of hydrogen-bond donors (Lipinski definition) is 2. The zero-order chi connectivity index (χ0) is 14.1. The number of aromatic nitrogens is 3. The summed E-state index contributed by atoms with van der Waals surface area (Å²) in [4.78, 5) is 11.8. The molecule has 0 aliphatic heterocycles. The van der Waals surface area contributed by atoms with E-state index in [9.17, 15) is 0 Å². The van der Waals surface area contributed by atoms with Gasteiger partial charge in [0.1, 0.15) is 5.82 Å². The number of benzene rings is 1. The summed E-state index contributed by atoms with van der Waals surface area (Å²) < 4.78 is 10.5. The average Bonchev–Trinajstić information content (AvgIpc) is 2.90. The number of fused-ring (bicyclic) bond motifs is 1. The van der Waals surface area contributed by atoms with E-state index in [-0.39, 0.29) is 0 Å². The van der Waals surface area contributed by atoms with Gasteiger partial charge in [-0.2, -0.15) is 0 Å². The number of imidazole rings is 1. The normalized spacial score (nSPS) is 10.7. The molecule has 6 heteroatoms. The van der Waals surface area contributed by atoms with E-state index < -0.39 is 0 Å². The molecule has 0 bridgehead atoms. The van der Waals surface area contributed by atoms with Gasteiger partial charge in [0.25, 0.3) is 0 Å². The molecule has 0 saturated carbocycles. The van der Waals surface area contributed by atoms with Gasteiger partial charge >= 0.3 is 0 Å².